The zero-order valence-corrected chi connectivity index (χ0v) is 10.4. The Morgan fingerprint density at radius 3 is 2.74 bits per heavy atom. The van der Waals surface area contributed by atoms with Crippen molar-refractivity contribution in [3.05, 3.63) is 48.7 Å². The number of methoxy groups -OCH3 is 1. The Morgan fingerprint density at radius 1 is 1.26 bits per heavy atom. The molecule has 0 aliphatic carbocycles. The number of aromatic nitrogens is 4. The lowest BCUT2D eigenvalue weighted by molar-refractivity contribution is 0.0588. The second kappa shape index (κ2) is 4.56. The van der Waals surface area contributed by atoms with Gasteiger partial charge in [-0.3, -0.25) is 0 Å². The Bertz CT molecular complexity index is 715. The largest absolute Gasteiger partial charge is 0.464 e. The number of fused-ring (bicyclic) bond motifs is 1. The highest BCUT2D eigenvalue weighted by Crippen LogP contribution is 2.20. The lowest BCUT2D eigenvalue weighted by Crippen LogP contribution is -2.14. The molecule has 0 bridgehead atoms. The van der Waals surface area contributed by atoms with Crippen molar-refractivity contribution in [3.8, 4) is 0 Å². The van der Waals surface area contributed by atoms with Crippen molar-refractivity contribution >= 4 is 16.9 Å². The second-order valence-corrected chi connectivity index (χ2v) is 4.13. The summed E-state index contributed by atoms with van der Waals surface area (Å²) in [6, 6.07) is 9.63. The molecule has 0 fully saturated rings. The van der Waals surface area contributed by atoms with E-state index in [1.807, 2.05) is 34.9 Å². The average Bonchev–Trinajstić information content (AvgIpc) is 3.07. The molecule has 0 atom stereocenters. The van der Waals surface area contributed by atoms with E-state index < -0.39 is 0 Å². The molecular formula is C13H12N4O2. The van der Waals surface area contributed by atoms with E-state index in [4.69, 9.17) is 4.74 Å². The highest BCUT2D eigenvalue weighted by molar-refractivity contribution is 5.95. The number of rotatable bonds is 3. The quantitative estimate of drug-likeness (QED) is 0.667. The Morgan fingerprint density at radius 2 is 2.00 bits per heavy atom. The van der Waals surface area contributed by atoms with Crippen molar-refractivity contribution in [1.82, 2.24) is 19.3 Å². The molecule has 3 aromatic rings. The fraction of sp³-hybridized carbons (Fsp3) is 0.154. The van der Waals surface area contributed by atoms with Crippen LogP contribution in [0.1, 0.15) is 10.5 Å². The van der Waals surface area contributed by atoms with E-state index in [9.17, 15) is 4.79 Å². The summed E-state index contributed by atoms with van der Waals surface area (Å²) in [5.41, 5.74) is 1.48. The van der Waals surface area contributed by atoms with E-state index >= 15 is 0 Å². The van der Waals surface area contributed by atoms with Gasteiger partial charge in [0.25, 0.3) is 0 Å². The summed E-state index contributed by atoms with van der Waals surface area (Å²) < 4.78 is 8.50. The molecule has 19 heavy (non-hydrogen) atoms. The van der Waals surface area contributed by atoms with Crippen LogP contribution in [0.2, 0.25) is 0 Å². The van der Waals surface area contributed by atoms with E-state index in [1.54, 1.807) is 17.2 Å². The van der Waals surface area contributed by atoms with Gasteiger partial charge in [-0.1, -0.05) is 18.2 Å². The number of esters is 1. The number of hydrogen-bond donors (Lipinski definition) is 0. The topological polar surface area (TPSA) is 61.9 Å². The van der Waals surface area contributed by atoms with E-state index in [-0.39, 0.29) is 5.97 Å². The fourth-order valence-corrected chi connectivity index (χ4v) is 2.09. The first kappa shape index (κ1) is 11.5. The van der Waals surface area contributed by atoms with Crippen LogP contribution in [0.3, 0.4) is 0 Å². The molecule has 0 aliphatic rings. The van der Waals surface area contributed by atoms with Crippen LogP contribution in [0.4, 0.5) is 0 Å². The maximum absolute atomic E-state index is 11.8. The molecule has 2 aromatic heterocycles. The van der Waals surface area contributed by atoms with Gasteiger partial charge in [0, 0.05) is 5.39 Å². The molecule has 0 aliphatic heterocycles. The van der Waals surface area contributed by atoms with Crippen LogP contribution in [0.5, 0.6) is 0 Å². The Labute approximate surface area is 109 Å². The summed E-state index contributed by atoms with van der Waals surface area (Å²) in [6.45, 7) is 0.463. The number of hydrogen-bond acceptors (Lipinski definition) is 4. The lowest BCUT2D eigenvalue weighted by Gasteiger charge is -2.09. The van der Waals surface area contributed by atoms with Gasteiger partial charge in [0.15, 0.2) is 0 Å². The summed E-state index contributed by atoms with van der Waals surface area (Å²) in [7, 11) is 1.38. The van der Waals surface area contributed by atoms with Gasteiger partial charge in [-0.2, -0.15) is 0 Å². The molecule has 0 spiro atoms. The van der Waals surface area contributed by atoms with Crippen LogP contribution >= 0.6 is 0 Å². The smallest absolute Gasteiger partial charge is 0.354 e. The standard InChI is InChI=1S/C13H12N4O2/c1-19-13(18)12-6-10-4-2-3-5-11(10)17(12)9-16-7-14-15-8-16/h2-8H,9H2,1H3. The molecule has 3 rings (SSSR count). The number of carbonyl (C=O) groups is 1. The average molecular weight is 256 g/mol. The minimum Gasteiger partial charge on any atom is -0.464 e. The fourth-order valence-electron chi connectivity index (χ4n) is 2.09. The Hall–Kier alpha value is -2.63. The summed E-state index contributed by atoms with van der Waals surface area (Å²) in [5.74, 6) is -0.357. The maximum atomic E-state index is 11.8. The molecule has 6 nitrogen and oxygen atoms in total. The predicted molar refractivity (Wildman–Crippen MR) is 68.7 cm³/mol. The number of nitrogens with zero attached hydrogens (tertiary/aromatic N) is 4. The minimum absolute atomic E-state index is 0.357. The third kappa shape index (κ3) is 1.97. The molecule has 1 aromatic carbocycles. The monoisotopic (exact) mass is 256 g/mol. The van der Waals surface area contributed by atoms with Gasteiger partial charge < -0.3 is 13.9 Å². The van der Waals surface area contributed by atoms with Gasteiger partial charge in [-0.05, 0) is 12.1 Å². The van der Waals surface area contributed by atoms with Crippen molar-refractivity contribution in [3.63, 3.8) is 0 Å². The molecule has 0 N–H and O–H groups in total. The van der Waals surface area contributed by atoms with Gasteiger partial charge in [-0.25, -0.2) is 4.79 Å². The van der Waals surface area contributed by atoms with Crippen molar-refractivity contribution in [1.29, 1.82) is 0 Å². The van der Waals surface area contributed by atoms with Crippen LogP contribution < -0.4 is 0 Å². The first-order chi connectivity index (χ1) is 9.29. The summed E-state index contributed by atoms with van der Waals surface area (Å²) in [4.78, 5) is 11.8. The SMILES string of the molecule is COC(=O)c1cc2ccccc2n1Cn1cnnc1. The van der Waals surface area contributed by atoms with E-state index in [1.165, 1.54) is 7.11 Å². The van der Waals surface area contributed by atoms with E-state index in [0.29, 0.717) is 12.4 Å². The zero-order valence-electron chi connectivity index (χ0n) is 10.4. The highest BCUT2D eigenvalue weighted by Gasteiger charge is 2.15. The van der Waals surface area contributed by atoms with Gasteiger partial charge in [0.1, 0.15) is 25.0 Å². The van der Waals surface area contributed by atoms with Crippen molar-refractivity contribution in [2.45, 2.75) is 6.67 Å². The number of carbonyl (C=O) groups excluding carboxylic acids is 1. The first-order valence-electron chi connectivity index (χ1n) is 5.78. The normalized spacial score (nSPS) is 10.8. The molecule has 0 saturated carbocycles. The first-order valence-corrected chi connectivity index (χ1v) is 5.78. The van der Waals surface area contributed by atoms with Crippen molar-refractivity contribution < 1.29 is 9.53 Å². The van der Waals surface area contributed by atoms with Gasteiger partial charge >= 0.3 is 5.97 Å². The Kier molecular flexibility index (Phi) is 2.75. The second-order valence-electron chi connectivity index (χ2n) is 4.13. The Balaban J connectivity index is 2.15. The molecule has 0 saturated heterocycles. The van der Waals surface area contributed by atoms with Crippen LogP contribution in [-0.2, 0) is 11.4 Å². The minimum atomic E-state index is -0.357. The molecule has 2 heterocycles. The molecule has 0 amide bonds. The van der Waals surface area contributed by atoms with Crippen LogP contribution in [0.25, 0.3) is 10.9 Å². The summed E-state index contributed by atoms with van der Waals surface area (Å²) in [6.07, 6.45) is 3.21. The third-order valence-electron chi connectivity index (χ3n) is 2.98. The molecule has 6 heteroatoms. The van der Waals surface area contributed by atoms with Crippen molar-refractivity contribution in [2.75, 3.05) is 7.11 Å². The predicted octanol–water partition coefficient (Wildman–Crippen LogP) is 1.53. The van der Waals surface area contributed by atoms with Crippen LogP contribution in [-0.4, -0.2) is 32.4 Å². The zero-order chi connectivity index (χ0) is 13.2. The molecular weight excluding hydrogens is 244 g/mol. The number of ether oxygens (including phenoxy) is 1. The number of para-hydroxylation sites is 1. The van der Waals surface area contributed by atoms with Gasteiger partial charge in [-0.15, -0.1) is 10.2 Å². The summed E-state index contributed by atoms with van der Waals surface area (Å²) >= 11 is 0. The van der Waals surface area contributed by atoms with Crippen molar-refractivity contribution in [2.24, 2.45) is 0 Å². The van der Waals surface area contributed by atoms with Crippen LogP contribution in [0.15, 0.2) is 43.0 Å². The molecule has 0 unspecified atom stereocenters. The van der Waals surface area contributed by atoms with E-state index in [0.717, 1.165) is 10.9 Å². The van der Waals surface area contributed by atoms with Gasteiger partial charge in [0.2, 0.25) is 0 Å². The summed E-state index contributed by atoms with van der Waals surface area (Å²) in [5, 5.41) is 8.52. The van der Waals surface area contributed by atoms with Gasteiger partial charge in [0.05, 0.1) is 12.6 Å². The highest BCUT2D eigenvalue weighted by atomic mass is 16.5. The maximum Gasteiger partial charge on any atom is 0.354 e. The molecule has 96 valence electrons. The molecule has 0 radical (unpaired) electrons. The third-order valence-corrected chi connectivity index (χ3v) is 2.98. The van der Waals surface area contributed by atoms with E-state index in [2.05, 4.69) is 10.2 Å². The number of benzene rings is 1. The van der Waals surface area contributed by atoms with Crippen LogP contribution in [0, 0.1) is 0 Å². The lowest BCUT2D eigenvalue weighted by atomic mass is 10.2.